The number of nitrogens with zero attached hydrogens (tertiary/aromatic N) is 2. The lowest BCUT2D eigenvalue weighted by atomic mass is 9.98. The number of carbonyl (C=O) groups excluding carboxylic acids is 1. The zero-order valence-corrected chi connectivity index (χ0v) is 15.3. The molecule has 1 fully saturated rings. The molecule has 25 heavy (non-hydrogen) atoms. The lowest BCUT2D eigenvalue weighted by Gasteiger charge is -2.27. The molecule has 0 spiro atoms. The van der Waals surface area contributed by atoms with Gasteiger partial charge in [0.2, 0.25) is 0 Å². The van der Waals surface area contributed by atoms with Crippen molar-refractivity contribution in [2.24, 2.45) is 5.92 Å². The van der Waals surface area contributed by atoms with Crippen LogP contribution in [0.2, 0.25) is 0 Å². The summed E-state index contributed by atoms with van der Waals surface area (Å²) in [7, 11) is 0. The van der Waals surface area contributed by atoms with Crippen LogP contribution >= 0.6 is 11.8 Å². The first-order valence-electron chi connectivity index (χ1n) is 8.76. The lowest BCUT2D eigenvalue weighted by Crippen LogP contribution is -2.33. The first kappa shape index (κ1) is 18.0. The van der Waals surface area contributed by atoms with E-state index < -0.39 is 0 Å². The average Bonchev–Trinajstić information content (AvgIpc) is 3.07. The molecule has 1 saturated heterocycles. The summed E-state index contributed by atoms with van der Waals surface area (Å²) < 4.78 is 14.1. The minimum absolute atomic E-state index is 0.141. The molecular formula is C19H24FN3OS. The van der Waals surface area contributed by atoms with Crippen molar-refractivity contribution in [2.45, 2.75) is 32.7 Å². The summed E-state index contributed by atoms with van der Waals surface area (Å²) in [5.41, 5.74) is 1.79. The maximum atomic E-state index is 14.1. The molecule has 4 nitrogen and oxygen atoms in total. The van der Waals surface area contributed by atoms with Gasteiger partial charge in [-0.05, 0) is 55.7 Å². The van der Waals surface area contributed by atoms with Gasteiger partial charge in [-0.3, -0.25) is 9.89 Å². The van der Waals surface area contributed by atoms with Crippen molar-refractivity contribution in [2.75, 3.05) is 18.1 Å². The van der Waals surface area contributed by atoms with Crippen LogP contribution in [0.5, 0.6) is 0 Å². The van der Waals surface area contributed by atoms with E-state index in [1.807, 2.05) is 18.7 Å². The molecule has 0 unspecified atom stereocenters. The summed E-state index contributed by atoms with van der Waals surface area (Å²) in [6, 6.07) is 8.39. The van der Waals surface area contributed by atoms with E-state index in [4.69, 9.17) is 0 Å². The quantitative estimate of drug-likeness (QED) is 0.845. The highest BCUT2D eigenvalue weighted by molar-refractivity contribution is 7.99. The number of aromatic amines is 1. The molecule has 1 aliphatic heterocycles. The molecule has 1 N–H and O–H groups in total. The number of amides is 1. The highest BCUT2D eigenvalue weighted by Gasteiger charge is 2.22. The normalized spacial score (nSPS) is 15.3. The predicted octanol–water partition coefficient (Wildman–Crippen LogP) is 4.03. The second-order valence-electron chi connectivity index (χ2n) is 6.60. The van der Waals surface area contributed by atoms with Crippen molar-refractivity contribution in [3.05, 3.63) is 53.1 Å². The summed E-state index contributed by atoms with van der Waals surface area (Å²) in [5, 5.41) is 6.89. The predicted molar refractivity (Wildman–Crippen MR) is 99.1 cm³/mol. The second-order valence-corrected chi connectivity index (χ2v) is 7.82. The summed E-state index contributed by atoms with van der Waals surface area (Å²) in [4.78, 5) is 14.6. The average molecular weight is 361 g/mol. The number of hydrogen-bond acceptors (Lipinski definition) is 3. The Labute approximate surface area is 152 Å². The van der Waals surface area contributed by atoms with Gasteiger partial charge in [0.1, 0.15) is 11.5 Å². The van der Waals surface area contributed by atoms with Crippen LogP contribution < -0.4 is 0 Å². The molecule has 0 saturated carbocycles. The highest BCUT2D eigenvalue weighted by Crippen LogP contribution is 2.26. The number of carbonyl (C=O) groups is 1. The SMILES string of the molecule is Cc1cc(C(=O)N(CCC2CCSCC2)Cc2ccccc2F)n[nH]1. The van der Waals surface area contributed by atoms with Crippen LogP contribution in [0.15, 0.2) is 30.3 Å². The van der Waals surface area contributed by atoms with E-state index in [0.717, 1.165) is 12.1 Å². The lowest BCUT2D eigenvalue weighted by molar-refractivity contribution is 0.0724. The van der Waals surface area contributed by atoms with E-state index in [9.17, 15) is 9.18 Å². The van der Waals surface area contributed by atoms with Crippen LogP contribution in [0.1, 0.15) is 41.0 Å². The van der Waals surface area contributed by atoms with E-state index in [0.29, 0.717) is 23.7 Å². The zero-order chi connectivity index (χ0) is 17.6. The van der Waals surface area contributed by atoms with E-state index in [1.165, 1.54) is 30.4 Å². The number of H-pyrrole nitrogens is 1. The molecule has 1 aromatic heterocycles. The molecule has 134 valence electrons. The minimum atomic E-state index is -0.271. The summed E-state index contributed by atoms with van der Waals surface area (Å²) >= 11 is 2.00. The van der Waals surface area contributed by atoms with Gasteiger partial charge in [-0.25, -0.2) is 4.39 Å². The first-order valence-corrected chi connectivity index (χ1v) is 9.91. The standard InChI is InChI=1S/C19H24FN3OS/c1-14-12-18(22-21-14)19(24)23(9-6-15-7-10-25-11-8-15)13-16-4-2-3-5-17(16)20/h2-5,12,15H,6-11,13H2,1H3,(H,21,22). The van der Waals surface area contributed by atoms with Gasteiger partial charge in [-0.15, -0.1) is 0 Å². The van der Waals surface area contributed by atoms with Crippen LogP contribution in [-0.2, 0) is 6.54 Å². The molecule has 0 bridgehead atoms. The molecule has 2 aromatic rings. The largest absolute Gasteiger partial charge is 0.333 e. The fourth-order valence-electron chi connectivity index (χ4n) is 3.15. The fourth-order valence-corrected chi connectivity index (χ4v) is 4.35. The number of aromatic nitrogens is 2. The Morgan fingerprint density at radius 3 is 2.80 bits per heavy atom. The van der Waals surface area contributed by atoms with Gasteiger partial charge in [0.15, 0.2) is 0 Å². The van der Waals surface area contributed by atoms with E-state index in [-0.39, 0.29) is 18.3 Å². The smallest absolute Gasteiger partial charge is 0.274 e. The molecular weight excluding hydrogens is 337 g/mol. The monoisotopic (exact) mass is 361 g/mol. The first-order chi connectivity index (χ1) is 12.1. The van der Waals surface area contributed by atoms with Crippen molar-refractivity contribution in [1.29, 1.82) is 0 Å². The molecule has 2 heterocycles. The molecule has 0 atom stereocenters. The third-order valence-corrected chi connectivity index (χ3v) is 5.73. The third kappa shape index (κ3) is 4.84. The summed E-state index contributed by atoms with van der Waals surface area (Å²) in [6.45, 7) is 2.78. The number of nitrogens with one attached hydrogen (secondary N) is 1. The van der Waals surface area contributed by atoms with E-state index >= 15 is 0 Å². The zero-order valence-electron chi connectivity index (χ0n) is 14.5. The molecule has 1 aliphatic rings. The summed E-state index contributed by atoms with van der Waals surface area (Å²) in [5.74, 6) is 2.64. The van der Waals surface area contributed by atoms with Crippen molar-refractivity contribution >= 4 is 17.7 Å². The topological polar surface area (TPSA) is 49.0 Å². The number of halogens is 1. The van der Waals surface area contributed by atoms with Crippen molar-refractivity contribution in [3.8, 4) is 0 Å². The molecule has 0 aliphatic carbocycles. The van der Waals surface area contributed by atoms with Crippen molar-refractivity contribution < 1.29 is 9.18 Å². The minimum Gasteiger partial charge on any atom is -0.333 e. The molecule has 3 rings (SSSR count). The van der Waals surface area contributed by atoms with E-state index in [1.54, 1.807) is 29.2 Å². The van der Waals surface area contributed by atoms with Gasteiger partial charge in [-0.1, -0.05) is 18.2 Å². The highest BCUT2D eigenvalue weighted by atomic mass is 32.2. The molecule has 6 heteroatoms. The van der Waals surface area contributed by atoms with Crippen molar-refractivity contribution in [3.63, 3.8) is 0 Å². The Kier molecular flexibility index (Phi) is 6.13. The third-order valence-electron chi connectivity index (χ3n) is 4.68. The van der Waals surface area contributed by atoms with E-state index in [2.05, 4.69) is 10.2 Å². The summed E-state index contributed by atoms with van der Waals surface area (Å²) in [6.07, 6.45) is 3.37. The van der Waals surface area contributed by atoms with Gasteiger partial charge in [0.05, 0.1) is 0 Å². The van der Waals surface area contributed by atoms with Crippen LogP contribution in [0.4, 0.5) is 4.39 Å². The number of benzene rings is 1. The van der Waals surface area contributed by atoms with Crippen LogP contribution in [-0.4, -0.2) is 39.1 Å². The van der Waals surface area contributed by atoms with Crippen LogP contribution in [0, 0.1) is 18.7 Å². The van der Waals surface area contributed by atoms with Crippen LogP contribution in [0.25, 0.3) is 0 Å². The maximum absolute atomic E-state index is 14.1. The Hall–Kier alpha value is -1.82. The Morgan fingerprint density at radius 1 is 1.36 bits per heavy atom. The molecule has 1 aromatic carbocycles. The molecule has 1 amide bonds. The van der Waals surface area contributed by atoms with Crippen molar-refractivity contribution in [1.82, 2.24) is 15.1 Å². The Balaban J connectivity index is 1.72. The van der Waals surface area contributed by atoms with Gasteiger partial charge >= 0.3 is 0 Å². The second kappa shape index (κ2) is 8.52. The fraction of sp³-hybridized carbons (Fsp3) is 0.474. The maximum Gasteiger partial charge on any atom is 0.274 e. The Bertz CT molecular complexity index is 712. The number of thioether (sulfide) groups is 1. The van der Waals surface area contributed by atoms with Gasteiger partial charge < -0.3 is 4.90 Å². The van der Waals surface area contributed by atoms with Gasteiger partial charge in [-0.2, -0.15) is 16.9 Å². The number of rotatable bonds is 6. The number of aryl methyl sites for hydroxylation is 1. The van der Waals surface area contributed by atoms with Gasteiger partial charge in [0.25, 0.3) is 5.91 Å². The van der Waals surface area contributed by atoms with Gasteiger partial charge in [0, 0.05) is 24.3 Å². The number of hydrogen-bond donors (Lipinski definition) is 1. The molecule has 0 radical (unpaired) electrons. The Morgan fingerprint density at radius 2 is 2.12 bits per heavy atom. The van der Waals surface area contributed by atoms with Crippen LogP contribution in [0.3, 0.4) is 0 Å².